The van der Waals surface area contributed by atoms with Gasteiger partial charge < -0.3 is 15.5 Å². The van der Waals surface area contributed by atoms with Crippen molar-refractivity contribution in [3.63, 3.8) is 0 Å². The van der Waals surface area contributed by atoms with Crippen LogP contribution in [-0.2, 0) is 11.3 Å². The van der Waals surface area contributed by atoms with Gasteiger partial charge in [-0.1, -0.05) is 35.8 Å². The monoisotopic (exact) mass is 341 g/mol. The van der Waals surface area contributed by atoms with Crippen molar-refractivity contribution in [3.05, 3.63) is 28.2 Å². The second kappa shape index (κ2) is 8.27. The maximum absolute atomic E-state index is 11.5. The smallest absolute Gasteiger partial charge is 0.239 e. The summed E-state index contributed by atoms with van der Waals surface area (Å²) >= 11 is 3.61. The van der Waals surface area contributed by atoms with Crippen LogP contribution in [0.25, 0.3) is 0 Å². The molecule has 1 amide bonds. The predicted molar refractivity (Wildman–Crippen MR) is 88.1 cm³/mol. The zero-order valence-corrected chi connectivity index (χ0v) is 14.3. The van der Waals surface area contributed by atoms with Crippen molar-refractivity contribution in [2.45, 2.75) is 33.4 Å². The largest absolute Gasteiger partial charge is 0.362 e. The summed E-state index contributed by atoms with van der Waals surface area (Å²) in [5.41, 5.74) is 2.27. The fourth-order valence-electron chi connectivity index (χ4n) is 1.83. The predicted octanol–water partition coefficient (Wildman–Crippen LogP) is 2.52. The van der Waals surface area contributed by atoms with E-state index < -0.39 is 0 Å². The van der Waals surface area contributed by atoms with E-state index in [1.807, 2.05) is 11.8 Å². The highest BCUT2D eigenvalue weighted by atomic mass is 79.9. The summed E-state index contributed by atoms with van der Waals surface area (Å²) < 4.78 is 1.07. The SMILES string of the molecule is CCN(CC(=O)NC)c1ccc(CNC(C)C)c(Br)c1. The molecule has 1 aromatic rings. The molecule has 0 atom stereocenters. The number of hydrogen-bond donors (Lipinski definition) is 2. The van der Waals surface area contributed by atoms with Crippen molar-refractivity contribution >= 4 is 27.5 Å². The number of carbonyl (C=O) groups is 1. The molecule has 0 spiro atoms. The molecule has 0 aliphatic carbocycles. The van der Waals surface area contributed by atoms with Crippen molar-refractivity contribution in [2.24, 2.45) is 0 Å². The number of hydrogen-bond acceptors (Lipinski definition) is 3. The number of nitrogens with zero attached hydrogens (tertiary/aromatic N) is 1. The lowest BCUT2D eigenvalue weighted by molar-refractivity contribution is -0.119. The first kappa shape index (κ1) is 17.0. The summed E-state index contributed by atoms with van der Waals surface area (Å²) in [7, 11) is 1.66. The first-order chi connectivity index (χ1) is 9.47. The summed E-state index contributed by atoms with van der Waals surface area (Å²) in [6, 6.07) is 6.70. The highest BCUT2D eigenvalue weighted by molar-refractivity contribution is 9.10. The van der Waals surface area contributed by atoms with Gasteiger partial charge in [0.15, 0.2) is 0 Å². The molecule has 1 rings (SSSR count). The molecule has 1 aromatic carbocycles. The molecule has 112 valence electrons. The number of nitrogens with one attached hydrogen (secondary N) is 2. The van der Waals surface area contributed by atoms with E-state index in [4.69, 9.17) is 0 Å². The van der Waals surface area contributed by atoms with Crippen molar-refractivity contribution in [1.29, 1.82) is 0 Å². The number of likely N-dealkylation sites (N-methyl/N-ethyl adjacent to an activating group) is 2. The van der Waals surface area contributed by atoms with Gasteiger partial charge >= 0.3 is 0 Å². The molecule has 5 heteroatoms. The molecule has 0 aromatic heterocycles. The summed E-state index contributed by atoms with van der Waals surface area (Å²) in [6.07, 6.45) is 0. The quantitative estimate of drug-likeness (QED) is 0.800. The molecular weight excluding hydrogens is 318 g/mol. The van der Waals surface area contributed by atoms with Gasteiger partial charge in [-0.25, -0.2) is 0 Å². The zero-order valence-electron chi connectivity index (χ0n) is 12.7. The fourth-order valence-corrected chi connectivity index (χ4v) is 2.34. The molecule has 0 aliphatic heterocycles. The van der Waals surface area contributed by atoms with Crippen molar-refractivity contribution in [3.8, 4) is 0 Å². The molecule has 0 unspecified atom stereocenters. The van der Waals surface area contributed by atoms with Gasteiger partial charge in [-0.05, 0) is 24.6 Å². The molecule has 0 heterocycles. The van der Waals surface area contributed by atoms with Gasteiger partial charge in [0, 0.05) is 36.3 Å². The van der Waals surface area contributed by atoms with Crippen LogP contribution < -0.4 is 15.5 Å². The number of anilines is 1. The molecule has 0 bridgehead atoms. The Morgan fingerprint density at radius 2 is 2.10 bits per heavy atom. The van der Waals surface area contributed by atoms with Crippen LogP contribution in [0.3, 0.4) is 0 Å². The Bertz CT molecular complexity index is 449. The highest BCUT2D eigenvalue weighted by Gasteiger charge is 2.10. The lowest BCUT2D eigenvalue weighted by Gasteiger charge is -2.23. The number of amides is 1. The third-order valence-electron chi connectivity index (χ3n) is 3.10. The van der Waals surface area contributed by atoms with E-state index in [2.05, 4.69) is 58.6 Å². The molecule has 4 nitrogen and oxygen atoms in total. The summed E-state index contributed by atoms with van der Waals surface area (Å²) in [6.45, 7) is 8.31. The molecule has 20 heavy (non-hydrogen) atoms. The molecule has 0 saturated heterocycles. The second-order valence-electron chi connectivity index (χ2n) is 5.00. The summed E-state index contributed by atoms with van der Waals surface area (Å²) in [4.78, 5) is 13.6. The lowest BCUT2D eigenvalue weighted by Crippen LogP contribution is -2.35. The van der Waals surface area contributed by atoms with Crippen LogP contribution in [0.5, 0.6) is 0 Å². The second-order valence-corrected chi connectivity index (χ2v) is 5.85. The lowest BCUT2D eigenvalue weighted by atomic mass is 10.2. The normalized spacial score (nSPS) is 10.7. The van der Waals surface area contributed by atoms with E-state index in [0.717, 1.165) is 23.2 Å². The van der Waals surface area contributed by atoms with Crippen LogP contribution in [-0.4, -0.2) is 32.1 Å². The Morgan fingerprint density at radius 3 is 2.60 bits per heavy atom. The Labute approximate surface area is 130 Å². The van der Waals surface area contributed by atoms with Gasteiger partial charge in [-0.3, -0.25) is 4.79 Å². The number of benzene rings is 1. The summed E-state index contributed by atoms with van der Waals surface area (Å²) in [5.74, 6) is 0.0218. The highest BCUT2D eigenvalue weighted by Crippen LogP contribution is 2.24. The summed E-state index contributed by atoms with van der Waals surface area (Å²) in [5, 5.41) is 6.05. The van der Waals surface area contributed by atoms with E-state index in [0.29, 0.717) is 12.6 Å². The first-order valence-corrected chi connectivity index (χ1v) is 7.74. The Morgan fingerprint density at radius 1 is 1.40 bits per heavy atom. The molecule has 2 N–H and O–H groups in total. The van der Waals surface area contributed by atoms with E-state index in [-0.39, 0.29) is 5.91 Å². The molecular formula is C15H24BrN3O. The minimum Gasteiger partial charge on any atom is -0.362 e. The number of rotatable bonds is 7. The van der Waals surface area contributed by atoms with E-state index in [1.165, 1.54) is 5.56 Å². The van der Waals surface area contributed by atoms with Crippen LogP contribution in [0.15, 0.2) is 22.7 Å². The van der Waals surface area contributed by atoms with Crippen LogP contribution in [0.2, 0.25) is 0 Å². The Hall–Kier alpha value is -1.07. The van der Waals surface area contributed by atoms with Gasteiger partial charge in [0.25, 0.3) is 0 Å². The van der Waals surface area contributed by atoms with Crippen LogP contribution in [0.4, 0.5) is 5.69 Å². The van der Waals surface area contributed by atoms with Crippen molar-refractivity contribution < 1.29 is 4.79 Å². The minimum absolute atomic E-state index is 0.0218. The van der Waals surface area contributed by atoms with Crippen LogP contribution in [0.1, 0.15) is 26.3 Å². The Kier molecular flexibility index (Phi) is 7.02. The van der Waals surface area contributed by atoms with Gasteiger partial charge in [-0.2, -0.15) is 0 Å². The standard InChI is InChI=1S/C15H24BrN3O/c1-5-19(10-15(20)17-4)13-7-6-12(14(16)8-13)9-18-11(2)3/h6-8,11,18H,5,9-10H2,1-4H3,(H,17,20). The van der Waals surface area contributed by atoms with Gasteiger partial charge in [0.1, 0.15) is 0 Å². The molecule has 0 fully saturated rings. The minimum atomic E-state index is 0.0218. The van der Waals surface area contributed by atoms with Gasteiger partial charge in [-0.15, -0.1) is 0 Å². The van der Waals surface area contributed by atoms with Gasteiger partial charge in [0.2, 0.25) is 5.91 Å². The van der Waals surface area contributed by atoms with Gasteiger partial charge in [0.05, 0.1) is 6.54 Å². The van der Waals surface area contributed by atoms with E-state index in [9.17, 15) is 4.79 Å². The van der Waals surface area contributed by atoms with E-state index in [1.54, 1.807) is 7.05 Å². The number of carbonyl (C=O) groups excluding carboxylic acids is 1. The molecule has 0 saturated carbocycles. The third-order valence-corrected chi connectivity index (χ3v) is 3.84. The zero-order chi connectivity index (χ0) is 15.1. The Balaban J connectivity index is 2.81. The average Bonchev–Trinajstić information content (AvgIpc) is 2.42. The third kappa shape index (κ3) is 5.13. The maximum atomic E-state index is 11.5. The molecule has 0 radical (unpaired) electrons. The first-order valence-electron chi connectivity index (χ1n) is 6.95. The van der Waals surface area contributed by atoms with Crippen LogP contribution in [0, 0.1) is 0 Å². The van der Waals surface area contributed by atoms with E-state index >= 15 is 0 Å². The average molecular weight is 342 g/mol. The van der Waals surface area contributed by atoms with Crippen molar-refractivity contribution in [1.82, 2.24) is 10.6 Å². The maximum Gasteiger partial charge on any atom is 0.239 e. The van der Waals surface area contributed by atoms with Crippen molar-refractivity contribution in [2.75, 3.05) is 25.0 Å². The topological polar surface area (TPSA) is 44.4 Å². The number of halogens is 1. The fraction of sp³-hybridized carbons (Fsp3) is 0.533. The van der Waals surface area contributed by atoms with Crippen LogP contribution >= 0.6 is 15.9 Å². The molecule has 0 aliphatic rings.